The second-order valence-electron chi connectivity index (χ2n) is 18.1. The molecule has 0 aromatic carbocycles. The number of rotatable bonds is 52. The van der Waals surface area contributed by atoms with Crippen LogP contribution in [0.15, 0.2) is 72.9 Å². The lowest BCUT2D eigenvalue weighted by molar-refractivity contribution is -0.154. The monoisotopic (exact) mass is 946 g/mol. The molecule has 0 rings (SSSR count). The fourth-order valence-electron chi connectivity index (χ4n) is 7.61. The minimum Gasteiger partial charge on any atom is -0.457 e. The van der Waals surface area contributed by atoms with Crippen LogP contribution in [-0.4, -0.2) is 49.9 Å². The van der Waals surface area contributed by atoms with Crippen LogP contribution in [0.2, 0.25) is 0 Å². The lowest BCUT2D eigenvalue weighted by atomic mass is 10.0. The molecule has 0 radical (unpaired) electrons. The fourth-order valence-corrected chi connectivity index (χ4v) is 8.37. The highest BCUT2D eigenvalue weighted by atomic mass is 31.2. The molecule has 0 aromatic rings. The van der Waals surface area contributed by atoms with Gasteiger partial charge in [0.1, 0.15) is 6.10 Å². The van der Waals surface area contributed by atoms with Gasteiger partial charge < -0.3 is 20.1 Å². The highest BCUT2D eigenvalue weighted by molar-refractivity contribution is 7.47. The van der Waals surface area contributed by atoms with Gasteiger partial charge in [0, 0.05) is 19.6 Å². The molecule has 384 valence electrons. The number of hydrogen-bond acceptors (Lipinski definition) is 7. The largest absolute Gasteiger partial charge is 0.472 e. The molecule has 0 spiro atoms. The van der Waals surface area contributed by atoms with Gasteiger partial charge in [-0.25, -0.2) is 4.57 Å². The molecule has 0 aliphatic heterocycles. The van der Waals surface area contributed by atoms with E-state index in [2.05, 4.69) is 86.8 Å². The first-order valence-corrected chi connectivity index (χ1v) is 28.9. The molecule has 0 saturated heterocycles. The number of carbonyl (C=O) groups excluding carboxylic acids is 1. The van der Waals surface area contributed by atoms with Crippen molar-refractivity contribution in [3.8, 4) is 0 Å². The topological polar surface area (TPSA) is 117 Å². The molecule has 9 heteroatoms. The Morgan fingerprint density at radius 3 is 1.29 bits per heavy atom. The van der Waals surface area contributed by atoms with Gasteiger partial charge in [0.15, 0.2) is 0 Å². The van der Waals surface area contributed by atoms with Crippen LogP contribution in [0.25, 0.3) is 0 Å². The van der Waals surface area contributed by atoms with E-state index in [1.807, 2.05) is 0 Å². The number of phosphoric acid groups is 1. The number of esters is 1. The van der Waals surface area contributed by atoms with E-state index in [1.54, 1.807) is 0 Å². The Morgan fingerprint density at radius 2 is 0.848 bits per heavy atom. The second kappa shape index (κ2) is 53.9. The van der Waals surface area contributed by atoms with Gasteiger partial charge in [-0.1, -0.05) is 228 Å². The molecule has 0 bridgehead atoms. The summed E-state index contributed by atoms with van der Waals surface area (Å²) in [5.41, 5.74) is 5.40. The predicted molar refractivity (Wildman–Crippen MR) is 284 cm³/mol. The van der Waals surface area contributed by atoms with Gasteiger partial charge in [0.05, 0.1) is 19.8 Å². The highest BCUT2D eigenvalue weighted by Gasteiger charge is 2.25. The number of ether oxygens (including phenoxy) is 2. The molecule has 0 aliphatic carbocycles. The smallest absolute Gasteiger partial charge is 0.457 e. The zero-order valence-corrected chi connectivity index (χ0v) is 43.8. The number of allylic oxidation sites excluding steroid dienone is 12. The molecule has 8 nitrogen and oxygen atoms in total. The molecular weight excluding hydrogens is 842 g/mol. The van der Waals surface area contributed by atoms with E-state index >= 15 is 0 Å². The van der Waals surface area contributed by atoms with Gasteiger partial charge in [-0.3, -0.25) is 13.8 Å². The van der Waals surface area contributed by atoms with Gasteiger partial charge in [0.2, 0.25) is 0 Å². The average molecular weight is 946 g/mol. The first kappa shape index (κ1) is 63.9. The Balaban J connectivity index is 3.94. The molecule has 0 fully saturated rings. The first-order chi connectivity index (χ1) is 32.4. The van der Waals surface area contributed by atoms with Crippen molar-refractivity contribution in [3.05, 3.63) is 72.9 Å². The summed E-state index contributed by atoms with van der Waals surface area (Å²) < 4.78 is 33.6. The molecule has 0 aromatic heterocycles. The number of phosphoric ester groups is 1. The Bertz CT molecular complexity index is 1250. The number of unbranched alkanes of at least 4 members (excludes halogenated alkanes) is 27. The van der Waals surface area contributed by atoms with Crippen LogP contribution in [0, 0.1) is 0 Å². The van der Waals surface area contributed by atoms with Crippen LogP contribution in [0.1, 0.15) is 245 Å². The van der Waals surface area contributed by atoms with Gasteiger partial charge in [-0.05, 0) is 83.5 Å². The molecule has 3 N–H and O–H groups in total. The Kier molecular flexibility index (Phi) is 52.2. The maximum Gasteiger partial charge on any atom is 0.472 e. The van der Waals surface area contributed by atoms with Crippen molar-refractivity contribution < 1.29 is 32.8 Å². The molecule has 0 amide bonds. The summed E-state index contributed by atoms with van der Waals surface area (Å²) in [6, 6.07) is 0. The van der Waals surface area contributed by atoms with E-state index in [1.165, 1.54) is 148 Å². The van der Waals surface area contributed by atoms with Crippen LogP contribution >= 0.6 is 7.82 Å². The predicted octanol–water partition coefficient (Wildman–Crippen LogP) is 17.4. The van der Waals surface area contributed by atoms with Gasteiger partial charge in [0.25, 0.3) is 0 Å². The normalized spacial score (nSPS) is 13.8. The summed E-state index contributed by atoms with van der Waals surface area (Å²) in [6.45, 7) is 4.82. The maximum atomic E-state index is 12.7. The lowest BCUT2D eigenvalue weighted by Gasteiger charge is -2.20. The number of carbonyl (C=O) groups is 1. The summed E-state index contributed by atoms with van der Waals surface area (Å²) in [6.07, 6.45) is 69.4. The van der Waals surface area contributed by atoms with Gasteiger partial charge in [-0.2, -0.15) is 0 Å². The van der Waals surface area contributed by atoms with Crippen molar-refractivity contribution in [2.45, 2.75) is 251 Å². The highest BCUT2D eigenvalue weighted by Crippen LogP contribution is 2.43. The number of nitrogens with two attached hydrogens (primary N) is 1. The molecule has 2 atom stereocenters. The standard InChI is InChI=1S/C57H104NO7P/c1-3-5-7-9-11-13-15-17-19-21-23-25-27-29-31-33-35-37-39-41-43-45-47-49-52-62-54-56(55-64-66(60,61)63-53-51-58)65-57(59)50-48-46-44-42-40-38-36-34-32-30-28-26-24-22-20-18-16-14-12-10-8-6-4-2/h6,8,12,14,18,20-21,23-24,26,30,32,56H,3-5,7,9-11,13,15-17,19,22,25,27-29,31,33-55,58H2,1-2H3,(H,60,61)/b8-6-,14-12-,20-18-,23-21-,26-24-,32-30-. The fraction of sp³-hybridized carbons (Fsp3) is 0.772. The zero-order chi connectivity index (χ0) is 48.0. The third-order valence-electron chi connectivity index (χ3n) is 11.6. The zero-order valence-electron chi connectivity index (χ0n) is 42.9. The Labute approximate surface area is 407 Å². The minimum absolute atomic E-state index is 0.0957. The second-order valence-corrected chi connectivity index (χ2v) is 19.5. The van der Waals surface area contributed by atoms with Crippen LogP contribution < -0.4 is 5.73 Å². The summed E-state index contributed by atoms with van der Waals surface area (Å²) in [7, 11) is -4.29. The molecule has 0 saturated carbocycles. The summed E-state index contributed by atoms with van der Waals surface area (Å²) >= 11 is 0. The van der Waals surface area contributed by atoms with E-state index < -0.39 is 13.9 Å². The maximum absolute atomic E-state index is 12.7. The van der Waals surface area contributed by atoms with Crippen molar-refractivity contribution in [2.24, 2.45) is 5.73 Å². The van der Waals surface area contributed by atoms with Crippen LogP contribution in [0.3, 0.4) is 0 Å². The van der Waals surface area contributed by atoms with Crippen molar-refractivity contribution in [1.29, 1.82) is 0 Å². The van der Waals surface area contributed by atoms with Crippen molar-refractivity contribution >= 4 is 13.8 Å². The molecular formula is C57H104NO7P. The molecule has 0 heterocycles. The quantitative estimate of drug-likeness (QED) is 0.0268. The van der Waals surface area contributed by atoms with Crippen LogP contribution in [0.5, 0.6) is 0 Å². The number of hydrogen-bond donors (Lipinski definition) is 2. The molecule has 2 unspecified atom stereocenters. The Morgan fingerprint density at radius 1 is 0.470 bits per heavy atom. The van der Waals surface area contributed by atoms with E-state index in [0.717, 1.165) is 77.0 Å². The Hall–Kier alpha value is -2.06. The molecule has 66 heavy (non-hydrogen) atoms. The molecule has 0 aliphatic rings. The van der Waals surface area contributed by atoms with Crippen molar-refractivity contribution in [3.63, 3.8) is 0 Å². The lowest BCUT2D eigenvalue weighted by Crippen LogP contribution is -2.28. The van der Waals surface area contributed by atoms with Gasteiger partial charge in [-0.15, -0.1) is 0 Å². The van der Waals surface area contributed by atoms with Crippen LogP contribution in [-0.2, 0) is 27.9 Å². The van der Waals surface area contributed by atoms with Crippen LogP contribution in [0.4, 0.5) is 0 Å². The summed E-state index contributed by atoms with van der Waals surface area (Å²) in [5, 5.41) is 0. The van der Waals surface area contributed by atoms with E-state index in [4.69, 9.17) is 24.3 Å². The average Bonchev–Trinajstić information content (AvgIpc) is 3.31. The van der Waals surface area contributed by atoms with Crippen molar-refractivity contribution in [2.75, 3.05) is 33.0 Å². The summed E-state index contributed by atoms with van der Waals surface area (Å²) in [4.78, 5) is 22.6. The summed E-state index contributed by atoms with van der Waals surface area (Å²) in [5.74, 6) is -0.341. The van der Waals surface area contributed by atoms with Gasteiger partial charge >= 0.3 is 13.8 Å². The van der Waals surface area contributed by atoms with E-state index in [0.29, 0.717) is 13.0 Å². The third-order valence-corrected chi connectivity index (χ3v) is 12.6. The SMILES string of the molecule is CC/C=C\C/C=C\C/C=C\C/C=C\C/C=C\CCCCCCCCCC(=O)OC(COCCCCCCCCCCCCCC/C=C\CCCCCCCCCC)COP(=O)(O)OCCN. The third kappa shape index (κ3) is 52.9. The van der Waals surface area contributed by atoms with E-state index in [-0.39, 0.29) is 32.3 Å². The van der Waals surface area contributed by atoms with E-state index in [9.17, 15) is 14.3 Å². The first-order valence-electron chi connectivity index (χ1n) is 27.4. The van der Waals surface area contributed by atoms with Crippen molar-refractivity contribution in [1.82, 2.24) is 0 Å². The minimum atomic E-state index is -4.29.